The third kappa shape index (κ3) is 1.92. The minimum atomic E-state index is -0.862. The minimum absolute atomic E-state index is 0.369. The van der Waals surface area contributed by atoms with Crippen molar-refractivity contribution in [1.29, 1.82) is 0 Å². The summed E-state index contributed by atoms with van der Waals surface area (Å²) in [6, 6.07) is 2.07. The van der Waals surface area contributed by atoms with E-state index >= 15 is 0 Å². The second kappa shape index (κ2) is 3.73. The Kier molecular flexibility index (Phi) is 2.56. The van der Waals surface area contributed by atoms with Crippen molar-refractivity contribution in [2.24, 2.45) is 5.92 Å². The monoisotopic (exact) mass is 226 g/mol. The smallest absolute Gasteiger partial charge is 0.346 e. The van der Waals surface area contributed by atoms with Gasteiger partial charge in [0.15, 0.2) is 0 Å². The Balaban J connectivity index is 2.23. The second-order valence-electron chi connectivity index (χ2n) is 4.03. The lowest BCUT2D eigenvalue weighted by Gasteiger charge is -2.28. The summed E-state index contributed by atoms with van der Waals surface area (Å²) in [6.45, 7) is 5.15. The van der Waals surface area contributed by atoms with Crippen molar-refractivity contribution in [1.82, 2.24) is 0 Å². The van der Waals surface area contributed by atoms with E-state index < -0.39 is 5.97 Å². The molecule has 1 aliphatic rings. The molecular formula is C10H14N2O2S. The lowest BCUT2D eigenvalue weighted by molar-refractivity contribution is 0.0702. The molecule has 1 aromatic heterocycles. The van der Waals surface area contributed by atoms with Crippen molar-refractivity contribution < 1.29 is 9.90 Å². The third-order valence-electron chi connectivity index (χ3n) is 2.57. The molecule has 5 heteroatoms. The molecule has 2 heterocycles. The van der Waals surface area contributed by atoms with Gasteiger partial charge in [0.25, 0.3) is 0 Å². The first kappa shape index (κ1) is 10.3. The van der Waals surface area contributed by atoms with Gasteiger partial charge < -0.3 is 15.7 Å². The summed E-state index contributed by atoms with van der Waals surface area (Å²) in [7, 11) is 0. The van der Waals surface area contributed by atoms with Gasteiger partial charge in [-0.25, -0.2) is 4.79 Å². The van der Waals surface area contributed by atoms with Crippen LogP contribution in [0.1, 0.15) is 23.5 Å². The van der Waals surface area contributed by atoms with E-state index in [2.05, 4.69) is 24.5 Å². The van der Waals surface area contributed by atoms with E-state index in [9.17, 15) is 4.79 Å². The van der Waals surface area contributed by atoms with Crippen molar-refractivity contribution in [3.05, 3.63) is 10.9 Å². The molecule has 1 aliphatic heterocycles. The van der Waals surface area contributed by atoms with Gasteiger partial charge in [-0.1, -0.05) is 13.8 Å². The highest BCUT2D eigenvalue weighted by Gasteiger charge is 2.23. The zero-order valence-corrected chi connectivity index (χ0v) is 9.52. The fraction of sp³-hybridized carbons (Fsp3) is 0.500. The highest BCUT2D eigenvalue weighted by molar-refractivity contribution is 7.18. The predicted molar refractivity (Wildman–Crippen MR) is 62.0 cm³/mol. The predicted octanol–water partition coefficient (Wildman–Crippen LogP) is 2.31. The molecule has 0 spiro atoms. The molecule has 0 aliphatic carbocycles. The molecule has 3 N–H and O–H groups in total. The van der Waals surface area contributed by atoms with Crippen molar-refractivity contribution in [2.75, 3.05) is 17.2 Å². The number of fused-ring (bicyclic) bond motifs is 1. The molecule has 1 atom stereocenters. The molecule has 82 valence electrons. The summed E-state index contributed by atoms with van der Waals surface area (Å²) in [6.07, 6.45) is 0. The van der Waals surface area contributed by atoms with Crippen LogP contribution in [0.4, 0.5) is 10.7 Å². The van der Waals surface area contributed by atoms with E-state index in [0.29, 0.717) is 16.8 Å². The topological polar surface area (TPSA) is 61.4 Å². The van der Waals surface area contributed by atoms with Crippen LogP contribution < -0.4 is 10.6 Å². The summed E-state index contributed by atoms with van der Waals surface area (Å²) < 4.78 is 0. The summed E-state index contributed by atoms with van der Waals surface area (Å²) in [5.74, 6) is -0.335. The normalized spacial score (nSPS) is 19.3. The van der Waals surface area contributed by atoms with Crippen LogP contribution in [0.3, 0.4) is 0 Å². The number of hydrogen-bond donors (Lipinski definition) is 3. The van der Waals surface area contributed by atoms with Crippen molar-refractivity contribution in [2.45, 2.75) is 19.9 Å². The number of aromatic carboxylic acids is 1. The number of thiophene rings is 1. The molecule has 1 aromatic rings. The molecule has 0 saturated carbocycles. The number of hydrogen-bond acceptors (Lipinski definition) is 4. The van der Waals surface area contributed by atoms with Crippen LogP contribution in [0, 0.1) is 5.92 Å². The molecule has 4 nitrogen and oxygen atoms in total. The Morgan fingerprint density at radius 2 is 2.40 bits per heavy atom. The number of anilines is 2. The molecule has 1 unspecified atom stereocenters. The third-order valence-corrected chi connectivity index (χ3v) is 3.65. The van der Waals surface area contributed by atoms with Crippen LogP contribution in [0.25, 0.3) is 0 Å². The number of nitrogens with one attached hydrogen (secondary N) is 2. The van der Waals surface area contributed by atoms with E-state index in [4.69, 9.17) is 5.11 Å². The SMILES string of the molecule is CC(C)C1CNc2sc(C(=O)O)cc2N1. The molecule has 0 bridgehead atoms. The maximum atomic E-state index is 10.8. The van der Waals surface area contributed by atoms with Gasteiger partial charge in [0.1, 0.15) is 9.88 Å². The molecule has 0 radical (unpaired) electrons. The lowest BCUT2D eigenvalue weighted by atomic mass is 10.0. The molecule has 0 fully saturated rings. The average Bonchev–Trinajstić information content (AvgIpc) is 2.59. The first-order chi connectivity index (χ1) is 7.08. The molecule has 15 heavy (non-hydrogen) atoms. The van der Waals surface area contributed by atoms with E-state index in [1.54, 1.807) is 6.07 Å². The van der Waals surface area contributed by atoms with Crippen molar-refractivity contribution in [3.8, 4) is 0 Å². The number of carboxylic acid groups (broad SMARTS) is 1. The average molecular weight is 226 g/mol. The van der Waals surface area contributed by atoms with Gasteiger partial charge in [-0.2, -0.15) is 0 Å². The fourth-order valence-electron chi connectivity index (χ4n) is 1.59. The van der Waals surface area contributed by atoms with Gasteiger partial charge in [0.2, 0.25) is 0 Å². The van der Waals surface area contributed by atoms with Crippen LogP contribution in [-0.2, 0) is 0 Å². The standard InChI is InChI=1S/C10H14N2O2S/c1-5(2)7-4-11-9-6(12-7)3-8(15-9)10(13)14/h3,5,7,11-12H,4H2,1-2H3,(H,13,14). The number of carbonyl (C=O) groups is 1. The molecule has 0 amide bonds. The zero-order valence-electron chi connectivity index (χ0n) is 8.70. The van der Waals surface area contributed by atoms with Gasteiger partial charge in [0.05, 0.1) is 5.69 Å². The van der Waals surface area contributed by atoms with Crippen LogP contribution in [0.15, 0.2) is 6.07 Å². The maximum absolute atomic E-state index is 10.8. The number of carboxylic acids is 1. The summed E-state index contributed by atoms with van der Waals surface area (Å²) in [5, 5.41) is 16.4. The summed E-state index contributed by atoms with van der Waals surface area (Å²) >= 11 is 1.28. The second-order valence-corrected chi connectivity index (χ2v) is 5.09. The largest absolute Gasteiger partial charge is 0.477 e. The Bertz CT molecular complexity index is 387. The van der Waals surface area contributed by atoms with E-state index in [-0.39, 0.29) is 0 Å². The first-order valence-corrected chi connectivity index (χ1v) is 5.77. The molecule has 0 saturated heterocycles. The molecule has 0 aromatic carbocycles. The van der Waals surface area contributed by atoms with Crippen LogP contribution in [0.5, 0.6) is 0 Å². The van der Waals surface area contributed by atoms with E-state index in [1.165, 1.54) is 11.3 Å². The fourth-order valence-corrected chi connectivity index (χ4v) is 2.46. The quantitative estimate of drug-likeness (QED) is 0.724. The van der Waals surface area contributed by atoms with Gasteiger partial charge in [-0.05, 0) is 12.0 Å². The summed E-state index contributed by atoms with van der Waals surface area (Å²) in [4.78, 5) is 11.2. The Hall–Kier alpha value is -1.23. The highest BCUT2D eigenvalue weighted by atomic mass is 32.1. The Morgan fingerprint density at radius 1 is 1.67 bits per heavy atom. The molecular weight excluding hydrogens is 212 g/mol. The first-order valence-electron chi connectivity index (χ1n) is 4.95. The van der Waals surface area contributed by atoms with E-state index in [1.807, 2.05) is 0 Å². The Labute approximate surface area is 92.3 Å². The minimum Gasteiger partial charge on any atom is -0.477 e. The van der Waals surface area contributed by atoms with Gasteiger partial charge >= 0.3 is 5.97 Å². The maximum Gasteiger partial charge on any atom is 0.346 e. The van der Waals surface area contributed by atoms with E-state index in [0.717, 1.165) is 17.2 Å². The zero-order chi connectivity index (χ0) is 11.0. The number of rotatable bonds is 2. The highest BCUT2D eigenvalue weighted by Crippen LogP contribution is 2.36. The van der Waals surface area contributed by atoms with Crippen LogP contribution in [-0.4, -0.2) is 23.7 Å². The van der Waals surface area contributed by atoms with Gasteiger partial charge in [-0.15, -0.1) is 11.3 Å². The van der Waals surface area contributed by atoms with Gasteiger partial charge in [-0.3, -0.25) is 0 Å². The van der Waals surface area contributed by atoms with Crippen molar-refractivity contribution >= 4 is 28.0 Å². The summed E-state index contributed by atoms with van der Waals surface area (Å²) in [5.41, 5.74) is 0.919. The van der Waals surface area contributed by atoms with Crippen LogP contribution in [0.2, 0.25) is 0 Å². The molecule has 2 rings (SSSR count). The van der Waals surface area contributed by atoms with Crippen LogP contribution >= 0.6 is 11.3 Å². The van der Waals surface area contributed by atoms with Gasteiger partial charge in [0, 0.05) is 12.6 Å². The van der Waals surface area contributed by atoms with Crippen molar-refractivity contribution in [3.63, 3.8) is 0 Å². The lowest BCUT2D eigenvalue weighted by Crippen LogP contribution is -2.36. The Morgan fingerprint density at radius 3 is 3.00 bits per heavy atom.